The summed E-state index contributed by atoms with van der Waals surface area (Å²) in [5.41, 5.74) is 6.12. The first-order chi connectivity index (χ1) is 10.7. The maximum atomic E-state index is 9.21. The third-order valence-corrected chi connectivity index (χ3v) is 3.73. The minimum atomic E-state index is 0.534. The average molecular weight is 288 g/mol. The van der Waals surface area contributed by atoms with Crippen LogP contribution in [0.1, 0.15) is 22.3 Å². The summed E-state index contributed by atoms with van der Waals surface area (Å²) in [7, 11) is 0. The molecule has 1 heterocycles. The van der Waals surface area contributed by atoms with Crippen LogP contribution in [-0.4, -0.2) is 15.0 Å². The Kier molecular flexibility index (Phi) is 3.71. The van der Waals surface area contributed by atoms with E-state index in [1.54, 1.807) is 6.20 Å². The Morgan fingerprint density at radius 1 is 1.14 bits per heavy atom. The van der Waals surface area contributed by atoms with Gasteiger partial charge in [0.2, 0.25) is 0 Å². The zero-order valence-corrected chi connectivity index (χ0v) is 12.6. The quantitative estimate of drug-likeness (QED) is 0.741. The van der Waals surface area contributed by atoms with Gasteiger partial charge in [0, 0.05) is 5.56 Å². The van der Waals surface area contributed by atoms with Crippen molar-refractivity contribution in [3.05, 3.63) is 70.9 Å². The van der Waals surface area contributed by atoms with Crippen molar-refractivity contribution in [1.29, 1.82) is 5.26 Å². The van der Waals surface area contributed by atoms with Gasteiger partial charge in [-0.15, -0.1) is 5.10 Å². The van der Waals surface area contributed by atoms with E-state index in [4.69, 9.17) is 0 Å². The largest absolute Gasteiger partial charge is 0.240 e. The van der Waals surface area contributed by atoms with Gasteiger partial charge in [-0.25, -0.2) is 4.68 Å². The molecule has 3 aromatic rings. The Bertz CT molecular complexity index is 856. The fraction of sp³-hybridized carbons (Fsp3) is 0.167. The van der Waals surface area contributed by atoms with Gasteiger partial charge in [-0.2, -0.15) is 5.26 Å². The van der Waals surface area contributed by atoms with E-state index in [0.717, 1.165) is 16.8 Å². The molecule has 0 amide bonds. The second-order valence-electron chi connectivity index (χ2n) is 5.36. The number of hydrogen-bond acceptors (Lipinski definition) is 3. The molecule has 4 nitrogen and oxygen atoms in total. The number of aromatic nitrogens is 3. The third kappa shape index (κ3) is 2.61. The Hall–Kier alpha value is -2.93. The second-order valence-corrected chi connectivity index (χ2v) is 5.36. The third-order valence-electron chi connectivity index (χ3n) is 3.73. The van der Waals surface area contributed by atoms with Crippen molar-refractivity contribution in [2.45, 2.75) is 20.4 Å². The van der Waals surface area contributed by atoms with Crippen LogP contribution in [0.2, 0.25) is 0 Å². The topological polar surface area (TPSA) is 54.5 Å². The first kappa shape index (κ1) is 14.0. The molecule has 2 aromatic carbocycles. The van der Waals surface area contributed by atoms with Crippen LogP contribution in [0.15, 0.2) is 48.7 Å². The number of nitrogens with zero attached hydrogens (tertiary/aromatic N) is 4. The average Bonchev–Trinajstić information content (AvgIpc) is 2.96. The summed E-state index contributed by atoms with van der Waals surface area (Å²) in [5, 5.41) is 17.4. The smallest absolute Gasteiger partial charge is 0.0995 e. The van der Waals surface area contributed by atoms with Crippen LogP contribution >= 0.6 is 0 Å². The minimum Gasteiger partial charge on any atom is -0.240 e. The van der Waals surface area contributed by atoms with E-state index in [9.17, 15) is 5.26 Å². The maximum absolute atomic E-state index is 9.21. The molecular weight excluding hydrogens is 272 g/mol. The SMILES string of the molecule is Cc1ccc(-c2cnnn2Cc2ccccc2C#N)c(C)c1. The molecule has 108 valence electrons. The standard InChI is InChI=1S/C18H16N4/c1-13-7-8-17(14(2)9-13)18-11-20-21-22(18)12-16-6-4-3-5-15(16)10-19/h3-9,11H,12H2,1-2H3. The van der Waals surface area contributed by atoms with Gasteiger partial charge in [-0.1, -0.05) is 47.2 Å². The molecule has 0 atom stereocenters. The minimum absolute atomic E-state index is 0.534. The lowest BCUT2D eigenvalue weighted by atomic mass is 10.0. The van der Waals surface area contributed by atoms with Gasteiger partial charge >= 0.3 is 0 Å². The van der Waals surface area contributed by atoms with Crippen LogP contribution in [0.3, 0.4) is 0 Å². The number of aryl methyl sites for hydroxylation is 2. The Labute approximate surface area is 129 Å². The Morgan fingerprint density at radius 2 is 1.95 bits per heavy atom. The highest BCUT2D eigenvalue weighted by molar-refractivity contribution is 5.63. The van der Waals surface area contributed by atoms with Gasteiger partial charge in [0.15, 0.2) is 0 Å². The van der Waals surface area contributed by atoms with Gasteiger partial charge in [0.05, 0.1) is 30.1 Å². The molecule has 3 rings (SSSR count). The molecule has 0 unspecified atom stereocenters. The molecule has 0 fully saturated rings. The van der Waals surface area contributed by atoms with Crippen molar-refractivity contribution in [3.63, 3.8) is 0 Å². The Morgan fingerprint density at radius 3 is 2.73 bits per heavy atom. The summed E-state index contributed by atoms with van der Waals surface area (Å²) >= 11 is 0. The van der Waals surface area contributed by atoms with Crippen LogP contribution < -0.4 is 0 Å². The van der Waals surface area contributed by atoms with Crippen LogP contribution in [0.25, 0.3) is 11.3 Å². The molecule has 0 aliphatic rings. The fourth-order valence-electron chi connectivity index (χ4n) is 2.61. The van der Waals surface area contributed by atoms with E-state index in [2.05, 4.69) is 48.4 Å². The van der Waals surface area contributed by atoms with Gasteiger partial charge < -0.3 is 0 Å². The van der Waals surface area contributed by atoms with Crippen molar-refractivity contribution in [2.75, 3.05) is 0 Å². The van der Waals surface area contributed by atoms with Crippen molar-refractivity contribution in [2.24, 2.45) is 0 Å². The fourth-order valence-corrected chi connectivity index (χ4v) is 2.61. The first-order valence-corrected chi connectivity index (χ1v) is 7.13. The highest BCUT2D eigenvalue weighted by atomic mass is 15.4. The number of nitriles is 1. The molecule has 0 N–H and O–H groups in total. The van der Waals surface area contributed by atoms with Gasteiger partial charge in [-0.3, -0.25) is 0 Å². The number of benzene rings is 2. The first-order valence-electron chi connectivity index (χ1n) is 7.13. The number of rotatable bonds is 3. The zero-order chi connectivity index (χ0) is 15.5. The van der Waals surface area contributed by atoms with Gasteiger partial charge in [-0.05, 0) is 31.0 Å². The summed E-state index contributed by atoms with van der Waals surface area (Å²) < 4.78 is 1.84. The molecule has 0 bridgehead atoms. The lowest BCUT2D eigenvalue weighted by Crippen LogP contribution is -2.06. The molecule has 22 heavy (non-hydrogen) atoms. The van der Waals surface area contributed by atoms with Crippen LogP contribution in [0, 0.1) is 25.2 Å². The molecule has 0 radical (unpaired) electrons. The molecule has 4 heteroatoms. The predicted octanol–water partition coefficient (Wildman–Crippen LogP) is 3.48. The van der Waals surface area contributed by atoms with E-state index >= 15 is 0 Å². The summed E-state index contributed by atoms with van der Waals surface area (Å²) in [6.45, 7) is 4.70. The zero-order valence-electron chi connectivity index (χ0n) is 12.6. The highest BCUT2D eigenvalue weighted by Gasteiger charge is 2.11. The van der Waals surface area contributed by atoms with Crippen LogP contribution in [0.5, 0.6) is 0 Å². The van der Waals surface area contributed by atoms with Crippen molar-refractivity contribution in [3.8, 4) is 17.3 Å². The summed E-state index contributed by atoms with van der Waals surface area (Å²) in [4.78, 5) is 0. The second kappa shape index (κ2) is 5.82. The van der Waals surface area contributed by atoms with E-state index in [1.165, 1.54) is 11.1 Å². The molecule has 0 saturated heterocycles. The number of hydrogen-bond donors (Lipinski definition) is 0. The lowest BCUT2D eigenvalue weighted by Gasteiger charge is -2.10. The normalized spacial score (nSPS) is 10.4. The molecule has 1 aromatic heterocycles. The molecule has 0 spiro atoms. The van der Waals surface area contributed by atoms with Gasteiger partial charge in [0.1, 0.15) is 0 Å². The lowest BCUT2D eigenvalue weighted by molar-refractivity contribution is 0.654. The van der Waals surface area contributed by atoms with Gasteiger partial charge in [0.25, 0.3) is 0 Å². The van der Waals surface area contributed by atoms with Crippen molar-refractivity contribution < 1.29 is 0 Å². The van der Waals surface area contributed by atoms with Crippen LogP contribution in [-0.2, 0) is 6.54 Å². The summed E-state index contributed by atoms with van der Waals surface area (Å²) in [6.07, 6.45) is 1.77. The maximum Gasteiger partial charge on any atom is 0.0995 e. The Balaban J connectivity index is 2.01. The monoisotopic (exact) mass is 288 g/mol. The van der Waals surface area contributed by atoms with Crippen molar-refractivity contribution >= 4 is 0 Å². The van der Waals surface area contributed by atoms with E-state index in [0.29, 0.717) is 12.1 Å². The summed E-state index contributed by atoms with van der Waals surface area (Å²) in [6, 6.07) is 16.1. The van der Waals surface area contributed by atoms with Crippen molar-refractivity contribution in [1.82, 2.24) is 15.0 Å². The molecule has 0 saturated carbocycles. The summed E-state index contributed by atoms with van der Waals surface area (Å²) in [5.74, 6) is 0. The molecule has 0 aliphatic carbocycles. The molecular formula is C18H16N4. The van der Waals surface area contributed by atoms with E-state index in [1.807, 2.05) is 28.9 Å². The highest BCUT2D eigenvalue weighted by Crippen LogP contribution is 2.24. The van der Waals surface area contributed by atoms with E-state index in [-0.39, 0.29) is 0 Å². The van der Waals surface area contributed by atoms with Crippen LogP contribution in [0.4, 0.5) is 0 Å². The van der Waals surface area contributed by atoms with E-state index < -0.39 is 0 Å². The predicted molar refractivity (Wildman–Crippen MR) is 85.2 cm³/mol. The molecule has 0 aliphatic heterocycles.